The molecule has 0 amide bonds. The molecule has 0 fully saturated rings. The van der Waals surface area contributed by atoms with Gasteiger partial charge in [0.05, 0.1) is 0 Å². The van der Waals surface area contributed by atoms with Gasteiger partial charge in [-0.05, 0) is 45.4 Å². The lowest BCUT2D eigenvalue weighted by atomic mass is 9.99. The van der Waals surface area contributed by atoms with Crippen molar-refractivity contribution in [1.29, 1.82) is 0 Å². The van der Waals surface area contributed by atoms with E-state index in [1.54, 1.807) is 0 Å². The predicted molar refractivity (Wildman–Crippen MR) is 86.9 cm³/mol. The molecule has 1 atom stereocenters. The standard InChI is InChI=1S/C17H26S/c1-8-10-17(11-13(3)4)16(9-2)12-14(5)15(6)18-7/h9,11-13,15H,1-7H3/b14-12-,16-9-,17-11-. The number of hydrogen-bond acceptors (Lipinski definition) is 1. The first-order valence-electron chi connectivity index (χ1n) is 6.48. The number of allylic oxidation sites excluding steroid dienone is 5. The second-order valence-corrected chi connectivity index (χ2v) is 5.89. The third-order valence-corrected chi connectivity index (χ3v) is 3.84. The monoisotopic (exact) mass is 262 g/mol. The Morgan fingerprint density at radius 2 is 1.83 bits per heavy atom. The Balaban J connectivity index is 5.35. The SMILES string of the molecule is CC#CC(=C/C(C)C)/C(=C\C)/C=C(/C)C(C)SC. The van der Waals surface area contributed by atoms with Crippen LogP contribution in [0.1, 0.15) is 41.5 Å². The highest BCUT2D eigenvalue weighted by atomic mass is 32.2. The molecule has 0 aromatic carbocycles. The number of thioether (sulfide) groups is 1. The van der Waals surface area contributed by atoms with E-state index in [1.165, 1.54) is 11.1 Å². The van der Waals surface area contributed by atoms with Gasteiger partial charge in [0.2, 0.25) is 0 Å². The molecule has 0 heterocycles. The van der Waals surface area contributed by atoms with Gasteiger partial charge in [-0.3, -0.25) is 0 Å². The quantitative estimate of drug-likeness (QED) is 0.482. The molecule has 0 aromatic rings. The fraction of sp³-hybridized carbons (Fsp3) is 0.529. The summed E-state index contributed by atoms with van der Waals surface area (Å²) in [6.45, 7) is 12.8. The molecule has 18 heavy (non-hydrogen) atoms. The molecule has 1 heteroatoms. The van der Waals surface area contributed by atoms with E-state index < -0.39 is 0 Å². The first-order valence-corrected chi connectivity index (χ1v) is 7.77. The minimum Gasteiger partial charge on any atom is -0.158 e. The molecule has 0 rings (SSSR count). The van der Waals surface area contributed by atoms with Gasteiger partial charge >= 0.3 is 0 Å². The fourth-order valence-corrected chi connectivity index (χ4v) is 1.98. The van der Waals surface area contributed by atoms with Gasteiger partial charge in [-0.1, -0.05) is 43.6 Å². The van der Waals surface area contributed by atoms with Crippen molar-refractivity contribution in [2.75, 3.05) is 6.26 Å². The molecule has 0 aliphatic heterocycles. The van der Waals surface area contributed by atoms with Crippen LogP contribution in [0, 0.1) is 17.8 Å². The van der Waals surface area contributed by atoms with Crippen LogP contribution in [-0.4, -0.2) is 11.5 Å². The Labute approximate surface area is 118 Å². The summed E-state index contributed by atoms with van der Waals surface area (Å²) in [6, 6.07) is 0. The van der Waals surface area contributed by atoms with E-state index in [2.05, 4.69) is 70.9 Å². The average Bonchev–Trinajstić information content (AvgIpc) is 2.33. The summed E-state index contributed by atoms with van der Waals surface area (Å²) in [7, 11) is 0. The molecule has 0 aromatic heterocycles. The third kappa shape index (κ3) is 6.17. The van der Waals surface area contributed by atoms with Crippen molar-refractivity contribution in [1.82, 2.24) is 0 Å². The second kappa shape index (κ2) is 9.11. The van der Waals surface area contributed by atoms with Crippen LogP contribution in [0.2, 0.25) is 0 Å². The van der Waals surface area contributed by atoms with Crippen LogP contribution in [0.5, 0.6) is 0 Å². The molecule has 0 N–H and O–H groups in total. The largest absolute Gasteiger partial charge is 0.158 e. The lowest BCUT2D eigenvalue weighted by Crippen LogP contribution is -1.98. The minimum absolute atomic E-state index is 0.516. The van der Waals surface area contributed by atoms with Crippen molar-refractivity contribution in [3.8, 4) is 11.8 Å². The van der Waals surface area contributed by atoms with Crippen molar-refractivity contribution < 1.29 is 0 Å². The van der Waals surface area contributed by atoms with Gasteiger partial charge in [0.25, 0.3) is 0 Å². The Morgan fingerprint density at radius 3 is 2.22 bits per heavy atom. The van der Waals surface area contributed by atoms with E-state index in [4.69, 9.17) is 0 Å². The highest BCUT2D eigenvalue weighted by Gasteiger charge is 2.05. The van der Waals surface area contributed by atoms with Gasteiger partial charge in [0, 0.05) is 10.8 Å². The second-order valence-electron chi connectivity index (χ2n) is 4.71. The van der Waals surface area contributed by atoms with Crippen molar-refractivity contribution >= 4 is 11.8 Å². The zero-order valence-corrected chi connectivity index (χ0v) is 13.6. The van der Waals surface area contributed by atoms with Crippen LogP contribution in [0.25, 0.3) is 0 Å². The highest BCUT2D eigenvalue weighted by Crippen LogP contribution is 2.21. The van der Waals surface area contributed by atoms with E-state index in [9.17, 15) is 0 Å². The summed E-state index contributed by atoms with van der Waals surface area (Å²) in [5, 5.41) is 0.551. The average molecular weight is 262 g/mol. The van der Waals surface area contributed by atoms with Crippen LogP contribution < -0.4 is 0 Å². The molecule has 0 spiro atoms. The van der Waals surface area contributed by atoms with Gasteiger partial charge in [0.15, 0.2) is 0 Å². The molecule has 0 radical (unpaired) electrons. The molecule has 0 saturated carbocycles. The maximum absolute atomic E-state index is 3.22. The minimum atomic E-state index is 0.516. The Bertz CT molecular complexity index is 397. The summed E-state index contributed by atoms with van der Waals surface area (Å²) < 4.78 is 0. The van der Waals surface area contributed by atoms with E-state index in [1.807, 2.05) is 18.7 Å². The fourth-order valence-electron chi connectivity index (χ4n) is 1.54. The summed E-state index contributed by atoms with van der Waals surface area (Å²) in [5.74, 6) is 6.75. The number of rotatable bonds is 5. The first-order chi connectivity index (χ1) is 8.46. The number of hydrogen-bond donors (Lipinski definition) is 0. The maximum atomic E-state index is 3.22. The van der Waals surface area contributed by atoms with Gasteiger partial charge in [0.1, 0.15) is 0 Å². The maximum Gasteiger partial charge on any atom is 0.0276 e. The van der Waals surface area contributed by atoms with Crippen LogP contribution in [0.15, 0.2) is 34.9 Å². The lowest BCUT2D eigenvalue weighted by molar-refractivity contribution is 0.827. The van der Waals surface area contributed by atoms with E-state index in [-0.39, 0.29) is 0 Å². The molecule has 0 nitrogen and oxygen atoms in total. The molecular weight excluding hydrogens is 236 g/mol. The Morgan fingerprint density at radius 1 is 1.22 bits per heavy atom. The van der Waals surface area contributed by atoms with Gasteiger partial charge in [-0.25, -0.2) is 0 Å². The normalized spacial score (nSPS) is 15.4. The van der Waals surface area contributed by atoms with Gasteiger partial charge < -0.3 is 0 Å². The zero-order chi connectivity index (χ0) is 14.1. The molecule has 0 aliphatic carbocycles. The van der Waals surface area contributed by atoms with Crippen molar-refractivity contribution in [3.05, 3.63) is 34.9 Å². The summed E-state index contributed by atoms with van der Waals surface area (Å²) in [4.78, 5) is 0. The molecule has 0 aliphatic rings. The molecule has 1 unspecified atom stereocenters. The molecule has 0 saturated heterocycles. The first kappa shape index (κ1) is 17.1. The summed E-state index contributed by atoms with van der Waals surface area (Å²) in [6.07, 6.45) is 8.79. The van der Waals surface area contributed by atoms with Crippen LogP contribution in [0.3, 0.4) is 0 Å². The zero-order valence-electron chi connectivity index (χ0n) is 12.8. The molecule has 0 bridgehead atoms. The van der Waals surface area contributed by atoms with Crippen LogP contribution >= 0.6 is 11.8 Å². The highest BCUT2D eigenvalue weighted by molar-refractivity contribution is 7.99. The van der Waals surface area contributed by atoms with Crippen molar-refractivity contribution in [2.45, 2.75) is 46.8 Å². The smallest absolute Gasteiger partial charge is 0.0276 e. The van der Waals surface area contributed by atoms with E-state index in [0.717, 1.165) is 5.57 Å². The summed E-state index contributed by atoms with van der Waals surface area (Å²) >= 11 is 1.87. The van der Waals surface area contributed by atoms with E-state index >= 15 is 0 Å². The van der Waals surface area contributed by atoms with Crippen molar-refractivity contribution in [2.24, 2.45) is 5.92 Å². The van der Waals surface area contributed by atoms with Crippen LogP contribution in [0.4, 0.5) is 0 Å². The Hall–Kier alpha value is -0.870. The summed E-state index contributed by atoms with van der Waals surface area (Å²) in [5.41, 5.74) is 3.77. The van der Waals surface area contributed by atoms with Crippen LogP contribution in [-0.2, 0) is 0 Å². The molecular formula is C17H26S. The topological polar surface area (TPSA) is 0 Å². The predicted octanol–water partition coefficient (Wildman–Crippen LogP) is 5.24. The Kier molecular flexibility index (Phi) is 8.67. The van der Waals surface area contributed by atoms with Crippen molar-refractivity contribution in [3.63, 3.8) is 0 Å². The van der Waals surface area contributed by atoms with Gasteiger partial charge in [-0.15, -0.1) is 5.92 Å². The molecule has 100 valence electrons. The lowest BCUT2D eigenvalue weighted by Gasteiger charge is -2.11. The van der Waals surface area contributed by atoms with Gasteiger partial charge in [-0.2, -0.15) is 11.8 Å². The van der Waals surface area contributed by atoms with E-state index in [0.29, 0.717) is 11.2 Å². The third-order valence-electron chi connectivity index (χ3n) is 2.76.